The van der Waals surface area contributed by atoms with Crippen molar-refractivity contribution in [3.05, 3.63) is 71.0 Å². The van der Waals surface area contributed by atoms with Gasteiger partial charge in [-0.05, 0) is 55.3 Å². The minimum Gasteiger partial charge on any atom is -0.280 e. The van der Waals surface area contributed by atoms with Crippen LogP contribution in [-0.2, 0) is 20.0 Å². The van der Waals surface area contributed by atoms with Crippen molar-refractivity contribution in [2.24, 2.45) is 0 Å². The molecule has 162 valence electrons. The van der Waals surface area contributed by atoms with Gasteiger partial charge in [0, 0.05) is 30.4 Å². The Labute approximate surface area is 179 Å². The average molecular weight is 461 g/mol. The monoisotopic (exact) mass is 460 g/mol. The predicted octanol–water partition coefficient (Wildman–Crippen LogP) is 2.02. The Morgan fingerprint density at radius 2 is 1.55 bits per heavy atom. The van der Waals surface area contributed by atoms with Gasteiger partial charge in [-0.15, -0.1) is 0 Å². The lowest BCUT2D eigenvalue weighted by atomic mass is 10.1. The Kier molecular flexibility index (Phi) is 5.65. The van der Waals surface area contributed by atoms with Crippen LogP contribution in [-0.4, -0.2) is 44.4 Å². The molecule has 11 heteroatoms. The van der Waals surface area contributed by atoms with Crippen molar-refractivity contribution in [3.63, 3.8) is 0 Å². The quantitative estimate of drug-likeness (QED) is 0.579. The number of hydrogen-bond donors (Lipinski definition) is 2. The molecule has 2 N–H and O–H groups in total. The second-order valence-electron chi connectivity index (χ2n) is 7.08. The summed E-state index contributed by atoms with van der Waals surface area (Å²) in [5.41, 5.74) is 1.07. The maximum Gasteiger partial charge on any atom is 0.264 e. The lowest BCUT2D eigenvalue weighted by Gasteiger charge is -2.16. The molecule has 0 atom stereocenters. The molecule has 1 fully saturated rings. The van der Waals surface area contributed by atoms with E-state index < -0.39 is 20.0 Å². The molecule has 3 aromatic rings. The maximum atomic E-state index is 12.8. The van der Waals surface area contributed by atoms with Crippen LogP contribution in [0.1, 0.15) is 12.8 Å². The van der Waals surface area contributed by atoms with Crippen molar-refractivity contribution in [2.45, 2.75) is 22.6 Å². The molecule has 2 aromatic carbocycles. The fraction of sp³-hybridized carbons (Fsp3) is 0.200. The molecule has 1 aliphatic rings. The third-order valence-electron chi connectivity index (χ3n) is 4.93. The molecule has 0 unspecified atom stereocenters. The number of aromatic nitrogens is 2. The van der Waals surface area contributed by atoms with Crippen LogP contribution in [0.2, 0.25) is 0 Å². The van der Waals surface area contributed by atoms with Gasteiger partial charge in [0.1, 0.15) is 0 Å². The summed E-state index contributed by atoms with van der Waals surface area (Å²) in [5, 5.41) is 6.27. The third-order valence-corrected chi connectivity index (χ3v) is 8.24. The van der Waals surface area contributed by atoms with Crippen molar-refractivity contribution in [1.29, 1.82) is 0 Å². The van der Waals surface area contributed by atoms with Crippen molar-refractivity contribution in [2.75, 3.05) is 17.8 Å². The van der Waals surface area contributed by atoms with Gasteiger partial charge < -0.3 is 0 Å². The lowest BCUT2D eigenvalue weighted by molar-refractivity contribution is 0.477. The molecular weight excluding hydrogens is 440 g/mol. The molecule has 0 saturated carbocycles. The zero-order valence-electron chi connectivity index (χ0n) is 16.4. The first-order chi connectivity index (χ1) is 14.8. The van der Waals surface area contributed by atoms with Crippen molar-refractivity contribution < 1.29 is 16.8 Å². The lowest BCUT2D eigenvalue weighted by Crippen LogP contribution is -2.27. The van der Waals surface area contributed by atoms with Gasteiger partial charge in [0.05, 0.1) is 15.5 Å². The van der Waals surface area contributed by atoms with E-state index in [1.807, 2.05) is 0 Å². The molecule has 1 saturated heterocycles. The molecule has 1 aliphatic heterocycles. The van der Waals surface area contributed by atoms with Crippen molar-refractivity contribution in [1.82, 2.24) is 14.5 Å². The first-order valence-electron chi connectivity index (χ1n) is 9.55. The summed E-state index contributed by atoms with van der Waals surface area (Å²) >= 11 is 0. The molecule has 4 rings (SSSR count). The van der Waals surface area contributed by atoms with E-state index in [0.717, 1.165) is 12.8 Å². The maximum absolute atomic E-state index is 12.8. The average Bonchev–Trinajstić information content (AvgIpc) is 3.30. The molecule has 0 aliphatic carbocycles. The van der Waals surface area contributed by atoms with E-state index >= 15 is 0 Å². The molecule has 0 radical (unpaired) electrons. The van der Waals surface area contributed by atoms with Crippen LogP contribution in [0.3, 0.4) is 0 Å². The van der Waals surface area contributed by atoms with Gasteiger partial charge in [0.2, 0.25) is 10.0 Å². The van der Waals surface area contributed by atoms with E-state index in [2.05, 4.69) is 14.9 Å². The number of sulfonamides is 2. The molecule has 0 bridgehead atoms. The number of H-pyrrole nitrogens is 1. The van der Waals surface area contributed by atoms with Gasteiger partial charge in [-0.3, -0.25) is 9.52 Å². The van der Waals surface area contributed by atoms with Gasteiger partial charge >= 0.3 is 0 Å². The van der Waals surface area contributed by atoms with Crippen LogP contribution in [0, 0.1) is 0 Å². The summed E-state index contributed by atoms with van der Waals surface area (Å²) in [6.45, 7) is 0.953. The second kappa shape index (κ2) is 8.25. The number of nitrogens with one attached hydrogen (secondary N) is 2. The summed E-state index contributed by atoms with van der Waals surface area (Å²) in [6.07, 6.45) is 1.65. The van der Waals surface area contributed by atoms with Gasteiger partial charge in [-0.2, -0.15) is 9.40 Å². The first-order valence-corrected chi connectivity index (χ1v) is 12.5. The number of rotatable bonds is 6. The van der Waals surface area contributed by atoms with E-state index in [0.29, 0.717) is 30.0 Å². The molecule has 1 aromatic heterocycles. The zero-order valence-corrected chi connectivity index (χ0v) is 18.0. The second-order valence-corrected chi connectivity index (χ2v) is 10.7. The zero-order chi connectivity index (χ0) is 22.1. The fourth-order valence-corrected chi connectivity index (χ4v) is 5.90. The molecule has 9 nitrogen and oxygen atoms in total. The van der Waals surface area contributed by atoms with Gasteiger partial charge in [-0.1, -0.05) is 12.1 Å². The van der Waals surface area contributed by atoms with Gasteiger partial charge in [-0.25, -0.2) is 21.9 Å². The van der Waals surface area contributed by atoms with Gasteiger partial charge in [0.25, 0.3) is 15.6 Å². The molecular formula is C20H20N4O5S2. The highest BCUT2D eigenvalue weighted by Gasteiger charge is 2.27. The number of nitrogens with zero attached hydrogens (tertiary/aromatic N) is 2. The highest BCUT2D eigenvalue weighted by atomic mass is 32.2. The fourth-order valence-electron chi connectivity index (χ4n) is 3.33. The predicted molar refractivity (Wildman–Crippen MR) is 116 cm³/mol. The largest absolute Gasteiger partial charge is 0.280 e. The standard InChI is InChI=1S/C20H20N4O5S2/c25-20-11-10-19(21-22-20)15-4-3-5-16(14-15)23-30(26,27)17-6-8-18(9-7-17)31(28,29)24-12-1-2-13-24/h3-11,14,23H,1-2,12-13H2,(H,22,25). The highest BCUT2D eigenvalue weighted by molar-refractivity contribution is 7.92. The highest BCUT2D eigenvalue weighted by Crippen LogP contribution is 2.25. The van der Waals surface area contributed by atoms with Crippen LogP contribution in [0.25, 0.3) is 11.3 Å². The number of benzene rings is 2. The smallest absolute Gasteiger partial charge is 0.264 e. The van der Waals surface area contributed by atoms with E-state index in [9.17, 15) is 21.6 Å². The summed E-state index contributed by atoms with van der Waals surface area (Å²) < 4.78 is 54.7. The number of hydrogen-bond acceptors (Lipinski definition) is 6. The van der Waals surface area contributed by atoms with Crippen molar-refractivity contribution in [3.8, 4) is 11.3 Å². The minimum atomic E-state index is -3.94. The Hall–Kier alpha value is -3.02. The van der Waals surface area contributed by atoms with Crippen LogP contribution in [0.4, 0.5) is 5.69 Å². The summed E-state index contributed by atoms with van der Waals surface area (Å²) in [4.78, 5) is 11.2. The van der Waals surface area contributed by atoms with Crippen LogP contribution in [0.5, 0.6) is 0 Å². The number of aromatic amines is 1. The summed E-state index contributed by atoms with van der Waals surface area (Å²) in [7, 11) is -7.55. The summed E-state index contributed by atoms with van der Waals surface area (Å²) in [6, 6.07) is 14.6. The number of anilines is 1. The summed E-state index contributed by atoms with van der Waals surface area (Å²) in [5.74, 6) is 0. The van der Waals surface area contributed by atoms with E-state index in [1.54, 1.807) is 24.3 Å². The van der Waals surface area contributed by atoms with E-state index in [-0.39, 0.29) is 15.4 Å². The van der Waals surface area contributed by atoms with Crippen LogP contribution < -0.4 is 10.3 Å². The minimum absolute atomic E-state index is 0.0551. The Morgan fingerprint density at radius 3 is 2.19 bits per heavy atom. The normalized spacial score (nSPS) is 15.1. The SMILES string of the molecule is O=c1ccc(-c2cccc(NS(=O)(=O)c3ccc(S(=O)(=O)N4CCCC4)cc3)c2)n[nH]1. The van der Waals surface area contributed by atoms with Gasteiger partial charge in [0.15, 0.2) is 0 Å². The topological polar surface area (TPSA) is 129 Å². The Morgan fingerprint density at radius 1 is 0.871 bits per heavy atom. The Balaban J connectivity index is 1.56. The molecule has 0 spiro atoms. The molecule has 2 heterocycles. The van der Waals surface area contributed by atoms with Crippen LogP contribution in [0.15, 0.2) is 75.2 Å². The molecule has 0 amide bonds. The first kappa shape index (κ1) is 21.2. The third kappa shape index (κ3) is 4.53. The van der Waals surface area contributed by atoms with Crippen molar-refractivity contribution >= 4 is 25.7 Å². The van der Waals surface area contributed by atoms with E-state index in [1.165, 1.54) is 40.7 Å². The van der Waals surface area contributed by atoms with Crippen LogP contribution >= 0.6 is 0 Å². The Bertz CT molecular complexity index is 1340. The molecule has 31 heavy (non-hydrogen) atoms. The van der Waals surface area contributed by atoms with E-state index in [4.69, 9.17) is 0 Å².